The van der Waals surface area contributed by atoms with Gasteiger partial charge in [-0.2, -0.15) is 0 Å². The van der Waals surface area contributed by atoms with Crippen LogP contribution in [0.3, 0.4) is 0 Å². The first-order valence-corrected chi connectivity index (χ1v) is 10.6. The van der Waals surface area contributed by atoms with E-state index in [0.717, 1.165) is 26.1 Å². The minimum absolute atomic E-state index is 0.158. The summed E-state index contributed by atoms with van der Waals surface area (Å²) < 4.78 is 5.34. The van der Waals surface area contributed by atoms with E-state index in [4.69, 9.17) is 16.3 Å². The first kappa shape index (κ1) is 20.0. The standard InChI is InChI=1S/C23H28ClN3O2/c1-26-12-9-17-13-16(5-7-20(17)26)21(27-10-3-4-11-27)15-25-23(28)19-14-18(24)6-8-22(19)29-2/h5-8,13-14,21H,3-4,9-12,15H2,1-2H3,(H,25,28)/t21-/m0/s1. The highest BCUT2D eigenvalue weighted by Gasteiger charge is 2.26. The number of rotatable bonds is 6. The van der Waals surface area contributed by atoms with Crippen molar-refractivity contribution in [3.8, 4) is 5.75 Å². The SMILES string of the molecule is COc1ccc(Cl)cc1C(=O)NC[C@@H](c1ccc2c(c1)CCN2C)N1CCCC1. The van der Waals surface area contributed by atoms with Gasteiger partial charge in [0.25, 0.3) is 5.91 Å². The maximum absolute atomic E-state index is 12.9. The molecular weight excluding hydrogens is 386 g/mol. The Morgan fingerprint density at radius 3 is 2.72 bits per heavy atom. The summed E-state index contributed by atoms with van der Waals surface area (Å²) in [4.78, 5) is 17.7. The largest absolute Gasteiger partial charge is 0.496 e. The normalized spacial score (nSPS) is 17.3. The lowest BCUT2D eigenvalue weighted by Gasteiger charge is -2.29. The van der Waals surface area contributed by atoms with Gasteiger partial charge in [0.15, 0.2) is 0 Å². The number of ether oxygens (including phenoxy) is 1. The number of halogens is 1. The Balaban J connectivity index is 1.54. The number of amides is 1. The average molecular weight is 414 g/mol. The number of anilines is 1. The molecule has 1 saturated heterocycles. The van der Waals surface area contributed by atoms with E-state index in [0.29, 0.717) is 22.9 Å². The van der Waals surface area contributed by atoms with Crippen molar-refractivity contribution in [1.29, 1.82) is 0 Å². The number of hydrogen-bond donors (Lipinski definition) is 1. The molecule has 29 heavy (non-hydrogen) atoms. The van der Waals surface area contributed by atoms with Crippen LogP contribution >= 0.6 is 11.6 Å². The molecule has 0 radical (unpaired) electrons. The van der Waals surface area contributed by atoms with E-state index in [1.54, 1.807) is 25.3 Å². The van der Waals surface area contributed by atoms with Crippen molar-refractivity contribution in [2.45, 2.75) is 25.3 Å². The summed E-state index contributed by atoms with van der Waals surface area (Å²) >= 11 is 6.10. The van der Waals surface area contributed by atoms with Gasteiger partial charge in [0.2, 0.25) is 0 Å². The molecule has 1 atom stereocenters. The quantitative estimate of drug-likeness (QED) is 0.779. The third-order valence-corrected chi connectivity index (χ3v) is 6.29. The summed E-state index contributed by atoms with van der Waals surface area (Å²) in [6, 6.07) is 12.1. The number of carbonyl (C=O) groups is 1. The van der Waals surface area contributed by atoms with Crippen LogP contribution in [0.2, 0.25) is 5.02 Å². The number of fused-ring (bicyclic) bond motifs is 1. The van der Waals surface area contributed by atoms with Crippen LogP contribution in [0.5, 0.6) is 5.75 Å². The zero-order valence-corrected chi connectivity index (χ0v) is 17.8. The van der Waals surface area contributed by atoms with Crippen LogP contribution in [0.25, 0.3) is 0 Å². The number of carbonyl (C=O) groups excluding carboxylic acids is 1. The molecule has 0 spiro atoms. The van der Waals surface area contributed by atoms with Gasteiger partial charge in [0.05, 0.1) is 18.7 Å². The van der Waals surface area contributed by atoms with Crippen molar-refractivity contribution in [2.24, 2.45) is 0 Å². The van der Waals surface area contributed by atoms with E-state index in [9.17, 15) is 4.79 Å². The maximum atomic E-state index is 12.9. The van der Waals surface area contributed by atoms with Gasteiger partial charge in [-0.15, -0.1) is 0 Å². The number of likely N-dealkylation sites (N-methyl/N-ethyl adjacent to an activating group) is 1. The zero-order chi connectivity index (χ0) is 20.4. The number of methoxy groups -OCH3 is 1. The predicted molar refractivity (Wildman–Crippen MR) is 117 cm³/mol. The Hall–Kier alpha value is -2.24. The van der Waals surface area contributed by atoms with Crippen LogP contribution < -0.4 is 15.0 Å². The molecule has 1 N–H and O–H groups in total. The van der Waals surface area contributed by atoms with Crippen LogP contribution in [-0.4, -0.2) is 51.1 Å². The highest BCUT2D eigenvalue weighted by atomic mass is 35.5. The van der Waals surface area contributed by atoms with Gasteiger partial charge in [0.1, 0.15) is 5.75 Å². The molecule has 154 valence electrons. The lowest BCUT2D eigenvalue weighted by atomic mass is 10.0. The first-order valence-electron chi connectivity index (χ1n) is 10.3. The van der Waals surface area contributed by atoms with Crippen LogP contribution in [0, 0.1) is 0 Å². The smallest absolute Gasteiger partial charge is 0.255 e. The molecule has 0 bridgehead atoms. The Morgan fingerprint density at radius 1 is 1.17 bits per heavy atom. The van der Waals surface area contributed by atoms with Crippen LogP contribution in [0.4, 0.5) is 5.69 Å². The topological polar surface area (TPSA) is 44.8 Å². The van der Waals surface area contributed by atoms with Crippen molar-refractivity contribution < 1.29 is 9.53 Å². The number of nitrogens with one attached hydrogen (secondary N) is 1. The Bertz CT molecular complexity index is 896. The average Bonchev–Trinajstić information content (AvgIpc) is 3.38. The van der Waals surface area contributed by atoms with Gasteiger partial charge in [-0.3, -0.25) is 9.69 Å². The van der Waals surface area contributed by atoms with E-state index in [1.807, 2.05) is 0 Å². The molecule has 4 rings (SSSR count). The van der Waals surface area contributed by atoms with Crippen LogP contribution in [0.1, 0.15) is 40.4 Å². The monoisotopic (exact) mass is 413 g/mol. The lowest BCUT2D eigenvalue weighted by molar-refractivity contribution is 0.0935. The Morgan fingerprint density at radius 2 is 1.97 bits per heavy atom. The molecule has 2 aromatic carbocycles. The number of hydrogen-bond acceptors (Lipinski definition) is 4. The summed E-state index contributed by atoms with van der Waals surface area (Å²) in [5.41, 5.74) is 4.47. The van der Waals surface area contributed by atoms with Crippen LogP contribution in [-0.2, 0) is 6.42 Å². The van der Waals surface area contributed by atoms with Gasteiger partial charge in [-0.1, -0.05) is 23.7 Å². The first-order chi connectivity index (χ1) is 14.1. The minimum atomic E-state index is -0.158. The molecular formula is C23H28ClN3O2. The second kappa shape index (κ2) is 8.64. The fourth-order valence-corrected chi connectivity index (χ4v) is 4.62. The Kier molecular flexibility index (Phi) is 5.97. The third-order valence-electron chi connectivity index (χ3n) is 6.06. The van der Waals surface area contributed by atoms with Gasteiger partial charge in [0, 0.05) is 30.8 Å². The summed E-state index contributed by atoms with van der Waals surface area (Å²) in [6.07, 6.45) is 3.50. The molecule has 2 heterocycles. The molecule has 0 aromatic heterocycles. The van der Waals surface area contributed by atoms with Crippen molar-refractivity contribution in [2.75, 3.05) is 45.2 Å². The number of nitrogens with zero attached hydrogens (tertiary/aromatic N) is 2. The molecule has 1 amide bonds. The van der Waals surface area contributed by atoms with E-state index in [1.165, 1.54) is 29.7 Å². The van der Waals surface area contributed by atoms with E-state index >= 15 is 0 Å². The Labute approximate surface area is 177 Å². The molecule has 0 unspecified atom stereocenters. The van der Waals surface area contributed by atoms with E-state index < -0.39 is 0 Å². The van der Waals surface area contributed by atoms with Crippen molar-refractivity contribution in [3.05, 3.63) is 58.1 Å². The van der Waals surface area contributed by atoms with Crippen molar-refractivity contribution >= 4 is 23.2 Å². The second-order valence-corrected chi connectivity index (χ2v) is 8.31. The van der Waals surface area contributed by atoms with Crippen molar-refractivity contribution in [3.63, 3.8) is 0 Å². The van der Waals surface area contributed by atoms with Gasteiger partial charge < -0.3 is 15.0 Å². The van der Waals surface area contributed by atoms with Gasteiger partial charge in [-0.05, 0) is 67.7 Å². The molecule has 2 aromatic rings. The van der Waals surface area contributed by atoms with E-state index in [-0.39, 0.29) is 11.9 Å². The molecule has 6 heteroatoms. The molecule has 1 fully saturated rings. The molecule has 2 aliphatic rings. The van der Waals surface area contributed by atoms with Gasteiger partial charge >= 0.3 is 0 Å². The highest BCUT2D eigenvalue weighted by Crippen LogP contribution is 2.32. The molecule has 0 saturated carbocycles. The highest BCUT2D eigenvalue weighted by molar-refractivity contribution is 6.31. The summed E-state index contributed by atoms with van der Waals surface area (Å²) in [5, 5.41) is 3.65. The summed E-state index contributed by atoms with van der Waals surface area (Å²) in [7, 11) is 3.71. The summed E-state index contributed by atoms with van der Waals surface area (Å²) in [5.74, 6) is 0.375. The number of benzene rings is 2. The fourth-order valence-electron chi connectivity index (χ4n) is 4.45. The van der Waals surface area contributed by atoms with E-state index in [2.05, 4.69) is 40.4 Å². The van der Waals surface area contributed by atoms with Gasteiger partial charge in [-0.25, -0.2) is 0 Å². The predicted octanol–water partition coefficient (Wildman–Crippen LogP) is 3.91. The third kappa shape index (κ3) is 4.21. The van der Waals surface area contributed by atoms with Crippen molar-refractivity contribution in [1.82, 2.24) is 10.2 Å². The molecule has 5 nitrogen and oxygen atoms in total. The summed E-state index contributed by atoms with van der Waals surface area (Å²) in [6.45, 7) is 3.76. The fraction of sp³-hybridized carbons (Fsp3) is 0.435. The number of likely N-dealkylation sites (tertiary alicyclic amines) is 1. The minimum Gasteiger partial charge on any atom is -0.496 e. The lowest BCUT2D eigenvalue weighted by Crippen LogP contribution is -2.37. The second-order valence-electron chi connectivity index (χ2n) is 7.87. The molecule has 2 aliphatic heterocycles. The maximum Gasteiger partial charge on any atom is 0.255 e. The van der Waals surface area contributed by atoms with Crippen LogP contribution in [0.15, 0.2) is 36.4 Å². The zero-order valence-electron chi connectivity index (χ0n) is 17.1. The molecule has 0 aliphatic carbocycles.